The third kappa shape index (κ3) is 3.93. The molecule has 2 N–H and O–H groups in total. The molecular weight excluding hydrogens is 200 g/mol. The Morgan fingerprint density at radius 2 is 2.19 bits per heavy atom. The van der Waals surface area contributed by atoms with Crippen LogP contribution in [0.2, 0.25) is 0 Å². The highest BCUT2D eigenvalue weighted by Gasteiger charge is 2.01. The molecule has 0 spiro atoms. The molecule has 0 aliphatic rings. The lowest BCUT2D eigenvalue weighted by atomic mass is 10.1. The monoisotopic (exact) mass is 220 g/mol. The largest absolute Gasteiger partial charge is 0.493 e. The van der Waals surface area contributed by atoms with E-state index in [0.29, 0.717) is 5.92 Å². The van der Waals surface area contributed by atoms with Crippen LogP contribution in [0.3, 0.4) is 0 Å². The molecule has 0 radical (unpaired) electrons. The lowest BCUT2D eigenvalue weighted by molar-refractivity contribution is 0.288. The van der Waals surface area contributed by atoms with Crippen molar-refractivity contribution in [2.75, 3.05) is 6.61 Å². The van der Waals surface area contributed by atoms with Crippen LogP contribution >= 0.6 is 0 Å². The molecule has 0 heterocycles. The highest BCUT2D eigenvalue weighted by atomic mass is 16.5. The van der Waals surface area contributed by atoms with E-state index in [4.69, 9.17) is 10.6 Å². The van der Waals surface area contributed by atoms with Gasteiger partial charge in [-0.1, -0.05) is 13.8 Å². The van der Waals surface area contributed by atoms with Crippen molar-refractivity contribution in [2.24, 2.45) is 16.9 Å². The first-order chi connectivity index (χ1) is 7.63. The second-order valence-corrected chi connectivity index (χ2v) is 4.33. The summed E-state index contributed by atoms with van der Waals surface area (Å²) < 4.78 is 5.70. The summed E-state index contributed by atoms with van der Waals surface area (Å²) >= 11 is 0. The van der Waals surface area contributed by atoms with Crippen molar-refractivity contribution < 1.29 is 4.74 Å². The molecule has 0 aromatic heterocycles. The average molecular weight is 220 g/mol. The Morgan fingerprint density at radius 3 is 2.75 bits per heavy atom. The molecule has 0 aliphatic heterocycles. The van der Waals surface area contributed by atoms with Crippen molar-refractivity contribution in [2.45, 2.75) is 27.2 Å². The molecule has 0 aliphatic carbocycles. The zero-order valence-electron chi connectivity index (χ0n) is 10.2. The number of nitrogens with zero attached hydrogens (tertiary/aromatic N) is 1. The van der Waals surface area contributed by atoms with E-state index in [1.807, 2.05) is 25.1 Å². The Morgan fingerprint density at radius 1 is 1.44 bits per heavy atom. The van der Waals surface area contributed by atoms with E-state index >= 15 is 0 Å². The third-order valence-corrected chi connectivity index (χ3v) is 2.38. The number of rotatable bonds is 5. The summed E-state index contributed by atoms with van der Waals surface area (Å²) in [6.45, 7) is 7.18. The number of hydrazone groups is 1. The van der Waals surface area contributed by atoms with Crippen LogP contribution in [0, 0.1) is 12.8 Å². The van der Waals surface area contributed by atoms with Gasteiger partial charge in [0.1, 0.15) is 5.75 Å². The van der Waals surface area contributed by atoms with E-state index in [9.17, 15) is 0 Å². The van der Waals surface area contributed by atoms with Crippen LogP contribution in [-0.2, 0) is 0 Å². The minimum Gasteiger partial charge on any atom is -0.493 e. The first-order valence-corrected chi connectivity index (χ1v) is 5.60. The van der Waals surface area contributed by atoms with Crippen LogP contribution in [-0.4, -0.2) is 12.8 Å². The highest BCUT2D eigenvalue weighted by Crippen LogP contribution is 2.19. The summed E-state index contributed by atoms with van der Waals surface area (Å²) in [5.74, 6) is 6.71. The summed E-state index contributed by atoms with van der Waals surface area (Å²) in [6, 6.07) is 5.93. The summed E-state index contributed by atoms with van der Waals surface area (Å²) in [5, 5.41) is 3.50. The first-order valence-electron chi connectivity index (χ1n) is 5.60. The van der Waals surface area contributed by atoms with Crippen LogP contribution in [0.4, 0.5) is 0 Å². The number of aryl methyl sites for hydroxylation is 1. The van der Waals surface area contributed by atoms with Crippen molar-refractivity contribution in [3.63, 3.8) is 0 Å². The summed E-state index contributed by atoms with van der Waals surface area (Å²) in [7, 11) is 0. The SMILES string of the molecule is Cc1cc(C=NN)ccc1OCCC(C)C. The number of benzene rings is 1. The lowest BCUT2D eigenvalue weighted by Crippen LogP contribution is -2.02. The van der Waals surface area contributed by atoms with E-state index in [2.05, 4.69) is 18.9 Å². The van der Waals surface area contributed by atoms with Gasteiger partial charge in [0.05, 0.1) is 12.8 Å². The molecule has 3 heteroatoms. The first kappa shape index (κ1) is 12.6. The fourth-order valence-corrected chi connectivity index (χ4v) is 1.41. The second kappa shape index (κ2) is 6.16. The normalized spacial score (nSPS) is 11.2. The molecule has 0 unspecified atom stereocenters. The molecule has 16 heavy (non-hydrogen) atoms. The fourth-order valence-electron chi connectivity index (χ4n) is 1.41. The maximum atomic E-state index is 5.70. The predicted molar refractivity (Wildman–Crippen MR) is 67.9 cm³/mol. The maximum absolute atomic E-state index is 5.70. The van der Waals surface area contributed by atoms with Crippen LogP contribution in [0.15, 0.2) is 23.3 Å². The standard InChI is InChI=1S/C13H20N2O/c1-10(2)6-7-16-13-5-4-12(9-15-14)8-11(13)3/h4-5,8-10H,6-7,14H2,1-3H3. The summed E-state index contributed by atoms with van der Waals surface area (Å²) in [4.78, 5) is 0. The van der Waals surface area contributed by atoms with Crippen molar-refractivity contribution in [3.8, 4) is 5.75 Å². The highest BCUT2D eigenvalue weighted by molar-refractivity contribution is 5.80. The van der Waals surface area contributed by atoms with Gasteiger partial charge >= 0.3 is 0 Å². The molecule has 88 valence electrons. The van der Waals surface area contributed by atoms with Gasteiger partial charge in [0.25, 0.3) is 0 Å². The van der Waals surface area contributed by atoms with E-state index < -0.39 is 0 Å². The molecule has 0 amide bonds. The van der Waals surface area contributed by atoms with Gasteiger partial charge in [0.15, 0.2) is 0 Å². The Balaban J connectivity index is 2.61. The van der Waals surface area contributed by atoms with Gasteiger partial charge in [0.2, 0.25) is 0 Å². The van der Waals surface area contributed by atoms with E-state index in [-0.39, 0.29) is 0 Å². The molecule has 3 nitrogen and oxygen atoms in total. The topological polar surface area (TPSA) is 47.6 Å². The molecule has 1 aromatic carbocycles. The lowest BCUT2D eigenvalue weighted by Gasteiger charge is -2.10. The minimum absolute atomic E-state index is 0.670. The van der Waals surface area contributed by atoms with Crippen molar-refractivity contribution in [3.05, 3.63) is 29.3 Å². The van der Waals surface area contributed by atoms with Gasteiger partial charge in [-0.05, 0) is 48.6 Å². The van der Waals surface area contributed by atoms with Crippen LogP contribution in [0.25, 0.3) is 0 Å². The molecular formula is C13H20N2O. The molecule has 1 aromatic rings. The Labute approximate surface area is 97.3 Å². The molecule has 0 bridgehead atoms. The molecule has 0 fully saturated rings. The van der Waals surface area contributed by atoms with Crippen LogP contribution in [0.1, 0.15) is 31.4 Å². The van der Waals surface area contributed by atoms with Gasteiger partial charge in [-0.25, -0.2) is 0 Å². The number of ether oxygens (including phenoxy) is 1. The Hall–Kier alpha value is -1.51. The van der Waals surface area contributed by atoms with Gasteiger partial charge < -0.3 is 10.6 Å². The molecule has 0 atom stereocenters. The van der Waals surface area contributed by atoms with Crippen LogP contribution in [0.5, 0.6) is 5.75 Å². The third-order valence-electron chi connectivity index (χ3n) is 2.38. The zero-order valence-corrected chi connectivity index (χ0v) is 10.2. The predicted octanol–water partition coefficient (Wildman–Crippen LogP) is 2.71. The summed E-state index contributed by atoms with van der Waals surface area (Å²) in [5.41, 5.74) is 2.11. The fraction of sp³-hybridized carbons (Fsp3) is 0.462. The van der Waals surface area contributed by atoms with E-state index in [0.717, 1.165) is 29.9 Å². The van der Waals surface area contributed by atoms with Crippen LogP contribution < -0.4 is 10.6 Å². The smallest absolute Gasteiger partial charge is 0.122 e. The van der Waals surface area contributed by atoms with Crippen molar-refractivity contribution in [1.29, 1.82) is 0 Å². The zero-order chi connectivity index (χ0) is 12.0. The molecule has 0 saturated heterocycles. The van der Waals surface area contributed by atoms with Gasteiger partial charge in [-0.3, -0.25) is 0 Å². The van der Waals surface area contributed by atoms with E-state index in [1.165, 1.54) is 0 Å². The minimum atomic E-state index is 0.670. The average Bonchev–Trinajstić information content (AvgIpc) is 2.21. The van der Waals surface area contributed by atoms with E-state index in [1.54, 1.807) is 6.21 Å². The second-order valence-electron chi connectivity index (χ2n) is 4.33. The molecule has 0 saturated carbocycles. The Bertz CT molecular complexity index is 359. The number of nitrogens with two attached hydrogens (primary N) is 1. The summed E-state index contributed by atoms with van der Waals surface area (Å²) in [6.07, 6.45) is 2.70. The Kier molecular flexibility index (Phi) is 4.83. The van der Waals surface area contributed by atoms with Gasteiger partial charge in [-0.2, -0.15) is 5.10 Å². The number of hydrogen-bond donors (Lipinski definition) is 1. The maximum Gasteiger partial charge on any atom is 0.122 e. The van der Waals surface area contributed by atoms with Gasteiger partial charge in [-0.15, -0.1) is 0 Å². The quantitative estimate of drug-likeness (QED) is 0.471. The number of hydrogen-bond acceptors (Lipinski definition) is 3. The van der Waals surface area contributed by atoms with Crippen molar-refractivity contribution >= 4 is 6.21 Å². The van der Waals surface area contributed by atoms with Crippen molar-refractivity contribution in [1.82, 2.24) is 0 Å². The van der Waals surface area contributed by atoms with Gasteiger partial charge in [0, 0.05) is 0 Å². The molecule has 1 rings (SSSR count).